The van der Waals surface area contributed by atoms with Crippen molar-refractivity contribution in [2.75, 3.05) is 6.54 Å². The van der Waals surface area contributed by atoms with Gasteiger partial charge in [0.2, 0.25) is 0 Å². The summed E-state index contributed by atoms with van der Waals surface area (Å²) in [6, 6.07) is 11.1. The third-order valence-electron chi connectivity index (χ3n) is 2.91. The molecule has 1 heterocycles. The summed E-state index contributed by atoms with van der Waals surface area (Å²) in [4.78, 5) is 18.6. The summed E-state index contributed by atoms with van der Waals surface area (Å²) in [6.07, 6.45) is 1.73. The van der Waals surface area contributed by atoms with Gasteiger partial charge in [0, 0.05) is 21.3 Å². The molecule has 0 spiro atoms. The number of pyridine rings is 1. The van der Waals surface area contributed by atoms with Crippen molar-refractivity contribution in [2.24, 2.45) is 0 Å². The van der Waals surface area contributed by atoms with Crippen molar-refractivity contribution in [3.8, 4) is 0 Å². The molecule has 0 N–H and O–H groups in total. The Morgan fingerprint density at radius 3 is 2.80 bits per heavy atom. The van der Waals surface area contributed by atoms with Gasteiger partial charge in [0.05, 0.1) is 17.8 Å². The third kappa shape index (κ3) is 3.70. The molecule has 0 aliphatic heterocycles. The first kappa shape index (κ1) is 15.3. The maximum atomic E-state index is 12.6. The second kappa shape index (κ2) is 7.04. The standard InChI is InChI=1S/C15H14ClIN2O/c1-2-19(10-12-5-3-4-8-18-12)15(20)13-9-11(16)6-7-14(13)17/h3-9H,2,10H2,1H3. The smallest absolute Gasteiger partial charge is 0.255 e. The first-order chi connectivity index (χ1) is 9.61. The molecule has 0 unspecified atom stereocenters. The second-order valence-corrected chi connectivity index (χ2v) is 5.86. The third-order valence-corrected chi connectivity index (χ3v) is 4.08. The number of nitrogens with zero attached hydrogens (tertiary/aromatic N) is 2. The number of carbonyl (C=O) groups excluding carboxylic acids is 1. The van der Waals surface area contributed by atoms with E-state index in [2.05, 4.69) is 27.6 Å². The average molecular weight is 401 g/mol. The fraction of sp³-hybridized carbons (Fsp3) is 0.200. The van der Waals surface area contributed by atoms with Crippen LogP contribution >= 0.6 is 34.2 Å². The molecule has 5 heteroatoms. The zero-order valence-electron chi connectivity index (χ0n) is 11.0. The number of carbonyl (C=O) groups is 1. The van der Waals surface area contributed by atoms with Crippen LogP contribution in [0.1, 0.15) is 23.0 Å². The molecule has 0 bridgehead atoms. The minimum absolute atomic E-state index is 0.0231. The number of hydrogen-bond donors (Lipinski definition) is 0. The summed E-state index contributed by atoms with van der Waals surface area (Å²) in [5.41, 5.74) is 1.51. The largest absolute Gasteiger partial charge is 0.333 e. The van der Waals surface area contributed by atoms with Gasteiger partial charge in [0.15, 0.2) is 0 Å². The zero-order chi connectivity index (χ0) is 14.5. The monoisotopic (exact) mass is 400 g/mol. The van der Waals surface area contributed by atoms with Gasteiger partial charge < -0.3 is 4.90 Å². The van der Waals surface area contributed by atoms with Crippen LogP contribution in [0, 0.1) is 3.57 Å². The minimum atomic E-state index is -0.0231. The molecule has 0 aliphatic carbocycles. The number of rotatable bonds is 4. The van der Waals surface area contributed by atoms with Gasteiger partial charge in [0.1, 0.15) is 0 Å². The Labute approximate surface area is 137 Å². The molecule has 3 nitrogen and oxygen atoms in total. The van der Waals surface area contributed by atoms with E-state index in [-0.39, 0.29) is 5.91 Å². The molecule has 20 heavy (non-hydrogen) atoms. The average Bonchev–Trinajstić information content (AvgIpc) is 2.47. The molecule has 1 aromatic carbocycles. The second-order valence-electron chi connectivity index (χ2n) is 4.26. The first-order valence-electron chi connectivity index (χ1n) is 6.26. The molecule has 0 fully saturated rings. The molecule has 0 aliphatic rings. The normalized spacial score (nSPS) is 10.3. The highest BCUT2D eigenvalue weighted by molar-refractivity contribution is 14.1. The van der Waals surface area contributed by atoms with Crippen molar-refractivity contribution in [3.05, 3.63) is 62.4 Å². The number of halogens is 2. The lowest BCUT2D eigenvalue weighted by atomic mass is 10.2. The van der Waals surface area contributed by atoms with Crippen molar-refractivity contribution in [1.29, 1.82) is 0 Å². The molecular weight excluding hydrogens is 387 g/mol. The van der Waals surface area contributed by atoms with Crippen molar-refractivity contribution in [1.82, 2.24) is 9.88 Å². The summed E-state index contributed by atoms with van der Waals surface area (Å²) < 4.78 is 0.900. The van der Waals surface area contributed by atoms with Crippen LogP contribution in [0.3, 0.4) is 0 Å². The SMILES string of the molecule is CCN(Cc1ccccn1)C(=O)c1cc(Cl)ccc1I. The van der Waals surface area contributed by atoms with Gasteiger partial charge in [-0.15, -0.1) is 0 Å². The molecule has 0 atom stereocenters. The number of benzene rings is 1. The Morgan fingerprint density at radius 1 is 1.35 bits per heavy atom. The summed E-state index contributed by atoms with van der Waals surface area (Å²) in [5.74, 6) is -0.0231. The van der Waals surface area contributed by atoms with Gasteiger partial charge in [-0.2, -0.15) is 0 Å². The Bertz CT molecular complexity index is 604. The Kier molecular flexibility index (Phi) is 5.37. The summed E-state index contributed by atoms with van der Waals surface area (Å²) in [6.45, 7) is 3.08. The van der Waals surface area contributed by atoms with E-state index in [4.69, 9.17) is 11.6 Å². The molecular formula is C15H14ClIN2O. The number of amides is 1. The maximum Gasteiger partial charge on any atom is 0.255 e. The van der Waals surface area contributed by atoms with Gasteiger partial charge in [0.25, 0.3) is 5.91 Å². The predicted octanol–water partition coefficient (Wildman–Crippen LogP) is 4.00. The molecule has 1 aromatic heterocycles. The minimum Gasteiger partial charge on any atom is -0.333 e. The molecule has 1 amide bonds. The fourth-order valence-corrected chi connectivity index (χ4v) is 2.58. The highest BCUT2D eigenvalue weighted by Gasteiger charge is 2.17. The van der Waals surface area contributed by atoms with E-state index in [1.807, 2.05) is 31.2 Å². The van der Waals surface area contributed by atoms with E-state index in [1.54, 1.807) is 23.2 Å². The lowest BCUT2D eigenvalue weighted by molar-refractivity contribution is 0.0749. The molecule has 2 aromatic rings. The van der Waals surface area contributed by atoms with Crippen molar-refractivity contribution in [2.45, 2.75) is 13.5 Å². The highest BCUT2D eigenvalue weighted by Crippen LogP contribution is 2.20. The van der Waals surface area contributed by atoms with Crippen LogP contribution in [0.4, 0.5) is 0 Å². The van der Waals surface area contributed by atoms with E-state index in [9.17, 15) is 4.79 Å². The fourth-order valence-electron chi connectivity index (χ4n) is 1.85. The van der Waals surface area contributed by atoms with Crippen LogP contribution < -0.4 is 0 Å². The lowest BCUT2D eigenvalue weighted by Gasteiger charge is -2.21. The number of hydrogen-bond acceptors (Lipinski definition) is 2. The van der Waals surface area contributed by atoms with Gasteiger partial charge >= 0.3 is 0 Å². The van der Waals surface area contributed by atoms with Crippen LogP contribution in [-0.4, -0.2) is 22.3 Å². The van der Waals surface area contributed by atoms with Crippen LogP contribution in [0.25, 0.3) is 0 Å². The Balaban J connectivity index is 2.23. The van der Waals surface area contributed by atoms with Crippen molar-refractivity contribution >= 4 is 40.1 Å². The molecule has 0 saturated heterocycles. The summed E-state index contributed by atoms with van der Waals surface area (Å²) >= 11 is 8.13. The van der Waals surface area contributed by atoms with Gasteiger partial charge in [-0.25, -0.2) is 0 Å². The molecule has 0 saturated carbocycles. The van der Waals surface area contributed by atoms with Gasteiger partial charge in [-0.05, 0) is 59.8 Å². The molecule has 104 valence electrons. The van der Waals surface area contributed by atoms with E-state index in [0.29, 0.717) is 23.7 Å². The highest BCUT2D eigenvalue weighted by atomic mass is 127. The van der Waals surface area contributed by atoms with E-state index in [0.717, 1.165) is 9.26 Å². The van der Waals surface area contributed by atoms with Crippen LogP contribution in [0.2, 0.25) is 5.02 Å². The van der Waals surface area contributed by atoms with E-state index >= 15 is 0 Å². The van der Waals surface area contributed by atoms with E-state index in [1.165, 1.54) is 0 Å². The quantitative estimate of drug-likeness (QED) is 0.727. The van der Waals surface area contributed by atoms with Crippen LogP contribution in [0.15, 0.2) is 42.6 Å². The van der Waals surface area contributed by atoms with Crippen molar-refractivity contribution < 1.29 is 4.79 Å². The Morgan fingerprint density at radius 2 is 2.15 bits per heavy atom. The van der Waals surface area contributed by atoms with Crippen LogP contribution in [-0.2, 0) is 6.54 Å². The maximum absolute atomic E-state index is 12.6. The topological polar surface area (TPSA) is 33.2 Å². The lowest BCUT2D eigenvalue weighted by Crippen LogP contribution is -2.31. The first-order valence-corrected chi connectivity index (χ1v) is 7.71. The molecule has 2 rings (SSSR count). The zero-order valence-corrected chi connectivity index (χ0v) is 13.9. The van der Waals surface area contributed by atoms with Crippen molar-refractivity contribution in [3.63, 3.8) is 0 Å². The summed E-state index contributed by atoms with van der Waals surface area (Å²) in [7, 11) is 0. The Hall–Kier alpha value is -1.14. The van der Waals surface area contributed by atoms with E-state index < -0.39 is 0 Å². The predicted molar refractivity (Wildman–Crippen MR) is 88.8 cm³/mol. The summed E-state index contributed by atoms with van der Waals surface area (Å²) in [5, 5.41) is 0.572. The van der Waals surface area contributed by atoms with Gasteiger partial charge in [-0.3, -0.25) is 9.78 Å². The van der Waals surface area contributed by atoms with Crippen LogP contribution in [0.5, 0.6) is 0 Å². The van der Waals surface area contributed by atoms with Gasteiger partial charge in [-0.1, -0.05) is 17.7 Å². The number of aromatic nitrogens is 1. The molecule has 0 radical (unpaired) electrons.